The number of nitrogens with one attached hydrogen (secondary N) is 1. The molecule has 3 heterocycles. The summed E-state index contributed by atoms with van der Waals surface area (Å²) >= 11 is 0. The molecule has 0 bridgehead atoms. The molecule has 4 heteroatoms. The molecule has 1 aliphatic rings. The molecule has 1 fully saturated rings. The molecule has 2 aromatic heterocycles. The maximum Gasteiger partial charge on any atom is 0.139 e. The summed E-state index contributed by atoms with van der Waals surface area (Å²) in [6, 6.07) is 15.8. The number of aromatic amines is 1. The lowest BCUT2D eigenvalue weighted by Crippen LogP contribution is -2.34. The summed E-state index contributed by atoms with van der Waals surface area (Å²) < 4.78 is 0. The average Bonchev–Trinajstić information content (AvgIpc) is 3.21. The predicted octanol–water partition coefficient (Wildman–Crippen LogP) is 3.41. The van der Waals surface area contributed by atoms with Crippen molar-refractivity contribution in [3.05, 3.63) is 59.8 Å². The molecule has 4 rings (SSSR count). The third kappa shape index (κ3) is 2.67. The Morgan fingerprint density at radius 1 is 1.04 bits per heavy atom. The van der Waals surface area contributed by atoms with Crippen LogP contribution in [0.25, 0.3) is 11.0 Å². The number of rotatable bonds is 3. The van der Waals surface area contributed by atoms with Crippen LogP contribution < -0.4 is 4.90 Å². The van der Waals surface area contributed by atoms with E-state index in [9.17, 15) is 0 Å². The van der Waals surface area contributed by atoms with Crippen molar-refractivity contribution < 1.29 is 0 Å². The van der Waals surface area contributed by atoms with Crippen LogP contribution in [-0.2, 0) is 0 Å². The molecule has 0 radical (unpaired) electrons. The Hall–Kier alpha value is -2.33. The first-order valence-electron chi connectivity index (χ1n) is 8.54. The van der Waals surface area contributed by atoms with Gasteiger partial charge in [0.15, 0.2) is 0 Å². The van der Waals surface area contributed by atoms with Gasteiger partial charge in [0, 0.05) is 36.6 Å². The molecule has 24 heavy (non-hydrogen) atoms. The van der Waals surface area contributed by atoms with E-state index in [1.54, 1.807) is 0 Å². The number of H-pyrrole nitrogens is 1. The monoisotopic (exact) mass is 320 g/mol. The van der Waals surface area contributed by atoms with Crippen LogP contribution in [0.1, 0.15) is 17.0 Å². The molecule has 0 saturated carbocycles. The first kappa shape index (κ1) is 15.2. The molecule has 4 nitrogen and oxygen atoms in total. The van der Waals surface area contributed by atoms with Crippen molar-refractivity contribution in [2.45, 2.75) is 18.9 Å². The van der Waals surface area contributed by atoms with E-state index in [2.05, 4.69) is 78.3 Å². The molecule has 1 saturated heterocycles. The highest BCUT2D eigenvalue weighted by atomic mass is 15.3. The first-order chi connectivity index (χ1) is 11.6. The highest BCUT2D eigenvalue weighted by molar-refractivity contribution is 5.77. The molecule has 124 valence electrons. The fourth-order valence-corrected chi connectivity index (χ4v) is 3.73. The lowest BCUT2D eigenvalue weighted by Gasteiger charge is -2.25. The minimum absolute atomic E-state index is 0.494. The van der Waals surface area contributed by atoms with Gasteiger partial charge in [-0.3, -0.25) is 0 Å². The lowest BCUT2D eigenvalue weighted by molar-refractivity contribution is 0.292. The number of nitrogens with zero attached hydrogens (tertiary/aromatic N) is 3. The highest BCUT2D eigenvalue weighted by Gasteiger charge is 2.35. The summed E-state index contributed by atoms with van der Waals surface area (Å²) in [5, 5.41) is 1.16. The van der Waals surface area contributed by atoms with Crippen molar-refractivity contribution in [2.75, 3.05) is 32.1 Å². The van der Waals surface area contributed by atoms with Crippen molar-refractivity contribution in [3.63, 3.8) is 0 Å². The van der Waals surface area contributed by atoms with E-state index in [0.717, 1.165) is 29.9 Å². The SMILES string of the molecule is Cc1ccc(C2CN(c3ccc4cc[nH]c4n3)CC2N(C)C)cc1. The fraction of sp³-hybridized carbons (Fsp3) is 0.350. The Labute approximate surface area is 143 Å². The molecule has 2 unspecified atom stereocenters. The molecule has 1 N–H and O–H groups in total. The number of benzene rings is 1. The predicted molar refractivity (Wildman–Crippen MR) is 99.7 cm³/mol. The normalized spacial score (nSPS) is 21.1. The Balaban J connectivity index is 1.65. The largest absolute Gasteiger partial charge is 0.354 e. The summed E-state index contributed by atoms with van der Waals surface area (Å²) in [4.78, 5) is 12.8. The van der Waals surface area contributed by atoms with E-state index >= 15 is 0 Å². The van der Waals surface area contributed by atoms with Crippen LogP contribution in [0.3, 0.4) is 0 Å². The van der Waals surface area contributed by atoms with E-state index in [-0.39, 0.29) is 0 Å². The van der Waals surface area contributed by atoms with Crippen molar-refractivity contribution in [2.24, 2.45) is 0 Å². The minimum Gasteiger partial charge on any atom is -0.354 e. The van der Waals surface area contributed by atoms with Gasteiger partial charge in [-0.1, -0.05) is 29.8 Å². The van der Waals surface area contributed by atoms with Gasteiger partial charge >= 0.3 is 0 Å². The Bertz CT molecular complexity index is 834. The van der Waals surface area contributed by atoms with Gasteiger partial charge in [0.25, 0.3) is 0 Å². The molecule has 2 atom stereocenters. The Morgan fingerprint density at radius 2 is 1.83 bits per heavy atom. The van der Waals surface area contributed by atoms with Gasteiger partial charge in [0.05, 0.1) is 0 Å². The van der Waals surface area contributed by atoms with Gasteiger partial charge in [-0.2, -0.15) is 0 Å². The van der Waals surface area contributed by atoms with E-state index in [4.69, 9.17) is 4.98 Å². The number of pyridine rings is 1. The topological polar surface area (TPSA) is 35.2 Å². The van der Waals surface area contributed by atoms with Crippen LogP contribution in [0.4, 0.5) is 5.82 Å². The number of aromatic nitrogens is 2. The van der Waals surface area contributed by atoms with E-state index < -0.39 is 0 Å². The molecular formula is C20H24N4. The number of anilines is 1. The van der Waals surface area contributed by atoms with Crippen LogP contribution in [0.2, 0.25) is 0 Å². The minimum atomic E-state index is 0.494. The molecule has 1 aromatic carbocycles. The third-order valence-corrected chi connectivity index (χ3v) is 5.18. The molecule has 1 aliphatic heterocycles. The number of likely N-dealkylation sites (N-methyl/N-ethyl adjacent to an activating group) is 1. The third-order valence-electron chi connectivity index (χ3n) is 5.18. The highest BCUT2D eigenvalue weighted by Crippen LogP contribution is 2.33. The van der Waals surface area contributed by atoms with Gasteiger partial charge in [-0.05, 0) is 44.8 Å². The zero-order valence-corrected chi connectivity index (χ0v) is 14.5. The summed E-state index contributed by atoms with van der Waals surface area (Å²) in [5.41, 5.74) is 3.70. The van der Waals surface area contributed by atoms with Gasteiger partial charge in [0.1, 0.15) is 11.5 Å². The fourth-order valence-electron chi connectivity index (χ4n) is 3.73. The average molecular weight is 320 g/mol. The maximum absolute atomic E-state index is 4.81. The van der Waals surface area contributed by atoms with Crippen LogP contribution in [0.5, 0.6) is 0 Å². The number of hydrogen-bond donors (Lipinski definition) is 1. The van der Waals surface area contributed by atoms with Gasteiger partial charge in [-0.15, -0.1) is 0 Å². The van der Waals surface area contributed by atoms with Crippen molar-refractivity contribution in [3.8, 4) is 0 Å². The van der Waals surface area contributed by atoms with Gasteiger partial charge < -0.3 is 14.8 Å². The van der Waals surface area contributed by atoms with Crippen LogP contribution in [0, 0.1) is 6.92 Å². The van der Waals surface area contributed by atoms with Crippen LogP contribution in [-0.4, -0.2) is 48.1 Å². The molecule has 0 aliphatic carbocycles. The van der Waals surface area contributed by atoms with Crippen molar-refractivity contribution >= 4 is 16.9 Å². The van der Waals surface area contributed by atoms with Crippen molar-refractivity contribution in [1.82, 2.24) is 14.9 Å². The van der Waals surface area contributed by atoms with E-state index in [1.165, 1.54) is 11.1 Å². The van der Waals surface area contributed by atoms with Crippen molar-refractivity contribution in [1.29, 1.82) is 0 Å². The maximum atomic E-state index is 4.81. The second-order valence-corrected chi connectivity index (χ2v) is 7.04. The standard InChI is InChI=1S/C20H24N4/c1-14-4-6-15(7-5-14)17-12-24(13-18(17)23(2)3)19-9-8-16-10-11-21-20(16)22-19/h4-11,17-18H,12-13H2,1-3H3,(H,21,22). The van der Waals surface area contributed by atoms with E-state index in [1.807, 2.05) is 6.20 Å². The second kappa shape index (κ2) is 5.95. The molecule has 3 aromatic rings. The number of aryl methyl sites for hydroxylation is 1. The summed E-state index contributed by atoms with van der Waals surface area (Å²) in [7, 11) is 4.36. The number of hydrogen-bond acceptors (Lipinski definition) is 3. The summed E-state index contributed by atoms with van der Waals surface area (Å²) in [5.74, 6) is 1.56. The van der Waals surface area contributed by atoms with Crippen LogP contribution in [0.15, 0.2) is 48.7 Å². The molecule has 0 spiro atoms. The zero-order valence-electron chi connectivity index (χ0n) is 14.5. The zero-order chi connectivity index (χ0) is 16.7. The quantitative estimate of drug-likeness (QED) is 0.803. The molecule has 0 amide bonds. The summed E-state index contributed by atoms with van der Waals surface area (Å²) in [6.07, 6.45) is 1.95. The smallest absolute Gasteiger partial charge is 0.139 e. The summed E-state index contributed by atoms with van der Waals surface area (Å²) in [6.45, 7) is 4.15. The second-order valence-electron chi connectivity index (χ2n) is 7.04. The van der Waals surface area contributed by atoms with Gasteiger partial charge in [-0.25, -0.2) is 4.98 Å². The molecular weight excluding hydrogens is 296 g/mol. The Kier molecular flexibility index (Phi) is 3.77. The lowest BCUT2D eigenvalue weighted by atomic mass is 9.93. The Morgan fingerprint density at radius 3 is 2.58 bits per heavy atom. The van der Waals surface area contributed by atoms with E-state index in [0.29, 0.717) is 12.0 Å². The first-order valence-corrected chi connectivity index (χ1v) is 8.54. The van der Waals surface area contributed by atoms with Gasteiger partial charge in [0.2, 0.25) is 0 Å². The number of fused-ring (bicyclic) bond motifs is 1. The van der Waals surface area contributed by atoms with Crippen LogP contribution >= 0.6 is 0 Å².